The Morgan fingerprint density at radius 2 is 2.05 bits per heavy atom. The Bertz CT molecular complexity index is 777. The van der Waals surface area contributed by atoms with Crippen LogP contribution in [0, 0.1) is 12.3 Å². The van der Waals surface area contributed by atoms with Crippen LogP contribution in [0.2, 0.25) is 0 Å². The van der Waals surface area contributed by atoms with Gasteiger partial charge < -0.3 is 21.1 Å². The summed E-state index contributed by atoms with van der Waals surface area (Å²) in [6.45, 7) is 4.10. The molecule has 0 radical (unpaired) electrons. The molecule has 1 aliphatic rings. The van der Waals surface area contributed by atoms with E-state index < -0.39 is 5.60 Å². The number of nitrogen functional groups attached to an aromatic ring is 2. The van der Waals surface area contributed by atoms with E-state index in [1.54, 1.807) is 6.92 Å². The first-order valence-electron chi connectivity index (χ1n) is 6.52. The van der Waals surface area contributed by atoms with Gasteiger partial charge in [-0.15, -0.1) is 0 Å². The van der Waals surface area contributed by atoms with Crippen LogP contribution in [0.1, 0.15) is 24.6 Å². The molecule has 7 nitrogen and oxygen atoms in total. The van der Waals surface area contributed by atoms with Crippen LogP contribution in [0.4, 0.5) is 11.8 Å². The van der Waals surface area contributed by atoms with E-state index in [2.05, 4.69) is 9.97 Å². The fraction of sp³-hybridized carbons (Fsp3) is 0.462. The summed E-state index contributed by atoms with van der Waals surface area (Å²) in [6, 6.07) is 0. The molecule has 0 saturated heterocycles. The molecule has 0 saturated carbocycles. The van der Waals surface area contributed by atoms with Crippen molar-refractivity contribution in [1.29, 1.82) is 5.41 Å². The number of fused-ring (bicyclic) bond motifs is 3. The summed E-state index contributed by atoms with van der Waals surface area (Å²) in [4.78, 5) is 8.17. The molecule has 0 spiro atoms. The third kappa shape index (κ3) is 1.74. The summed E-state index contributed by atoms with van der Waals surface area (Å²) in [5.74, 6) is 0.291. The van der Waals surface area contributed by atoms with Crippen molar-refractivity contribution in [2.75, 3.05) is 11.5 Å². The summed E-state index contributed by atoms with van der Waals surface area (Å²) < 4.78 is 1.92. The lowest BCUT2D eigenvalue weighted by Crippen LogP contribution is -2.38. The van der Waals surface area contributed by atoms with Crippen molar-refractivity contribution in [3.63, 3.8) is 0 Å². The Hall–Kier alpha value is -2.15. The van der Waals surface area contributed by atoms with Crippen molar-refractivity contribution in [2.45, 2.75) is 38.8 Å². The first kappa shape index (κ1) is 12.9. The number of aromatic nitrogens is 3. The van der Waals surface area contributed by atoms with Crippen LogP contribution >= 0.6 is 0 Å². The number of hydrogen-bond acceptors (Lipinski definition) is 6. The maximum absolute atomic E-state index is 10.3. The number of nitrogens with one attached hydrogen (secondary N) is 1. The Morgan fingerprint density at radius 3 is 2.75 bits per heavy atom. The topological polar surface area (TPSA) is 127 Å². The molecule has 0 unspecified atom stereocenters. The highest BCUT2D eigenvalue weighted by atomic mass is 16.3. The number of aliphatic hydroxyl groups is 1. The highest BCUT2D eigenvalue weighted by Gasteiger charge is 2.30. The maximum Gasteiger partial charge on any atom is 0.223 e. The highest BCUT2D eigenvalue weighted by molar-refractivity contribution is 5.87. The van der Waals surface area contributed by atoms with Gasteiger partial charge in [0.25, 0.3) is 0 Å². The summed E-state index contributed by atoms with van der Waals surface area (Å²) in [5, 5.41) is 19.4. The molecular formula is C13H18N6O. The van der Waals surface area contributed by atoms with Gasteiger partial charge in [0, 0.05) is 5.69 Å². The molecule has 0 bridgehead atoms. The van der Waals surface area contributed by atoms with E-state index in [1.807, 2.05) is 11.5 Å². The Labute approximate surface area is 115 Å². The first-order chi connectivity index (χ1) is 9.30. The van der Waals surface area contributed by atoms with E-state index in [-0.39, 0.29) is 11.8 Å². The van der Waals surface area contributed by atoms with Gasteiger partial charge >= 0.3 is 0 Å². The number of nitrogens with two attached hydrogens (primary N) is 2. The molecule has 3 heterocycles. The van der Waals surface area contributed by atoms with E-state index >= 15 is 0 Å². The van der Waals surface area contributed by atoms with Crippen molar-refractivity contribution in [3.05, 3.63) is 16.6 Å². The summed E-state index contributed by atoms with van der Waals surface area (Å²) >= 11 is 0. The lowest BCUT2D eigenvalue weighted by atomic mass is 9.92. The molecule has 0 fully saturated rings. The second kappa shape index (κ2) is 3.92. The van der Waals surface area contributed by atoms with Gasteiger partial charge in [-0.3, -0.25) is 5.41 Å². The van der Waals surface area contributed by atoms with Gasteiger partial charge in [0.15, 0.2) is 0 Å². The first-order valence-corrected chi connectivity index (χ1v) is 6.52. The molecule has 106 valence electrons. The largest absolute Gasteiger partial charge is 0.388 e. The van der Waals surface area contributed by atoms with Gasteiger partial charge in [0.2, 0.25) is 5.95 Å². The molecule has 0 aromatic carbocycles. The number of hydrogen-bond donors (Lipinski definition) is 4. The van der Waals surface area contributed by atoms with Gasteiger partial charge in [-0.05, 0) is 32.3 Å². The van der Waals surface area contributed by atoms with Gasteiger partial charge in [-0.2, -0.15) is 9.97 Å². The average molecular weight is 274 g/mol. The molecule has 7 heteroatoms. The van der Waals surface area contributed by atoms with Gasteiger partial charge in [-0.1, -0.05) is 0 Å². The summed E-state index contributed by atoms with van der Waals surface area (Å²) in [6.07, 6.45) is 1.36. The van der Waals surface area contributed by atoms with Crippen LogP contribution in [0.25, 0.3) is 11.0 Å². The van der Waals surface area contributed by atoms with E-state index in [9.17, 15) is 5.11 Å². The maximum atomic E-state index is 10.3. The van der Waals surface area contributed by atoms with Gasteiger partial charge in [0.05, 0.1) is 22.9 Å². The predicted octanol–water partition coefficient (Wildman–Crippen LogP) is 0.0808. The zero-order valence-electron chi connectivity index (χ0n) is 11.6. The third-order valence-corrected chi connectivity index (χ3v) is 3.97. The molecule has 0 amide bonds. The molecule has 2 aromatic rings. The van der Waals surface area contributed by atoms with Crippen LogP contribution < -0.4 is 16.8 Å². The Morgan fingerprint density at radius 1 is 1.35 bits per heavy atom. The molecule has 6 N–H and O–H groups in total. The van der Waals surface area contributed by atoms with Crippen LogP contribution in [0.3, 0.4) is 0 Å². The minimum atomic E-state index is -0.797. The van der Waals surface area contributed by atoms with Gasteiger partial charge in [0.1, 0.15) is 11.5 Å². The zero-order valence-corrected chi connectivity index (χ0v) is 11.6. The molecular weight excluding hydrogens is 256 g/mol. The summed E-state index contributed by atoms with van der Waals surface area (Å²) in [5.41, 5.74) is 13.2. The minimum Gasteiger partial charge on any atom is -0.388 e. The second-order valence-corrected chi connectivity index (χ2v) is 5.70. The van der Waals surface area contributed by atoms with E-state index in [4.69, 9.17) is 16.9 Å². The zero-order chi connectivity index (χ0) is 14.7. The third-order valence-electron chi connectivity index (χ3n) is 3.97. The van der Waals surface area contributed by atoms with Crippen molar-refractivity contribution in [2.24, 2.45) is 0 Å². The molecule has 1 atom stereocenters. The van der Waals surface area contributed by atoms with Crippen molar-refractivity contribution in [1.82, 2.24) is 14.5 Å². The normalized spacial score (nSPS) is 21.9. The number of pyridine rings is 1. The number of nitrogens with zero attached hydrogens (tertiary/aromatic N) is 3. The van der Waals surface area contributed by atoms with Crippen molar-refractivity contribution >= 4 is 22.8 Å². The molecule has 2 aromatic heterocycles. The monoisotopic (exact) mass is 274 g/mol. The molecule has 1 aliphatic heterocycles. The SMILES string of the molecule is Cc1c2n(c3nc(N)nc(N)c3c1=N)C[C@@](C)(O)CC2. The Balaban J connectivity index is 2.47. The van der Waals surface area contributed by atoms with Crippen molar-refractivity contribution < 1.29 is 5.11 Å². The number of rotatable bonds is 0. The van der Waals surface area contributed by atoms with E-state index in [0.717, 1.165) is 11.3 Å². The van der Waals surface area contributed by atoms with E-state index in [0.29, 0.717) is 35.8 Å². The van der Waals surface area contributed by atoms with Gasteiger partial charge in [-0.25, -0.2) is 0 Å². The fourth-order valence-corrected chi connectivity index (χ4v) is 2.88. The van der Waals surface area contributed by atoms with Crippen molar-refractivity contribution in [3.8, 4) is 0 Å². The lowest BCUT2D eigenvalue weighted by Gasteiger charge is -2.33. The molecule has 20 heavy (non-hydrogen) atoms. The van der Waals surface area contributed by atoms with Crippen LogP contribution in [0.15, 0.2) is 0 Å². The molecule has 3 rings (SSSR count). The molecule has 0 aliphatic carbocycles. The predicted molar refractivity (Wildman–Crippen MR) is 75.9 cm³/mol. The standard InChI is InChI=1S/C13H18N6O/c1-6-7-3-4-13(2,20)5-19(7)11-8(9(6)14)10(15)17-12(16)18-11/h14,20H,3-5H2,1-2H3,(H4,15,16,17,18)/t13-/m0/s1. The average Bonchev–Trinajstić information content (AvgIpc) is 2.34. The highest BCUT2D eigenvalue weighted by Crippen LogP contribution is 2.28. The smallest absolute Gasteiger partial charge is 0.223 e. The van der Waals surface area contributed by atoms with Crippen LogP contribution in [-0.4, -0.2) is 25.2 Å². The fourth-order valence-electron chi connectivity index (χ4n) is 2.88. The number of anilines is 2. The Kier molecular flexibility index (Phi) is 2.52. The quantitative estimate of drug-likeness (QED) is 0.541. The van der Waals surface area contributed by atoms with Crippen LogP contribution in [0.5, 0.6) is 0 Å². The summed E-state index contributed by atoms with van der Waals surface area (Å²) in [7, 11) is 0. The lowest BCUT2D eigenvalue weighted by molar-refractivity contribution is 0.0231. The second-order valence-electron chi connectivity index (χ2n) is 5.70. The van der Waals surface area contributed by atoms with E-state index in [1.165, 1.54) is 0 Å². The van der Waals surface area contributed by atoms with Crippen LogP contribution in [-0.2, 0) is 13.0 Å². The minimum absolute atomic E-state index is 0.0816.